The number of ether oxygens (including phenoxy) is 1. The van der Waals surface area contributed by atoms with Crippen LogP contribution in [0.4, 0.5) is 0 Å². The predicted molar refractivity (Wildman–Crippen MR) is 228 cm³/mol. The quantitative estimate of drug-likeness (QED) is 0.151. The summed E-state index contributed by atoms with van der Waals surface area (Å²) in [6.45, 7) is 5.87. The lowest BCUT2D eigenvalue weighted by molar-refractivity contribution is -0.139. The molecule has 2 aliphatic heterocycles. The van der Waals surface area contributed by atoms with Crippen LogP contribution in [0.3, 0.4) is 0 Å². The number of benzene rings is 4. The van der Waals surface area contributed by atoms with Gasteiger partial charge in [-0.1, -0.05) is 102 Å². The van der Waals surface area contributed by atoms with Crippen LogP contribution in [0.2, 0.25) is 0 Å². The smallest absolute Gasteiger partial charge is 0.341 e. The first kappa shape index (κ1) is 34.5. The van der Waals surface area contributed by atoms with Gasteiger partial charge in [0.1, 0.15) is 5.75 Å². The number of carbonyl (C=O) groups is 1. The molecule has 8 bridgehead atoms. The lowest BCUT2D eigenvalue weighted by Crippen LogP contribution is -2.09. The average Bonchev–Trinajstić information content (AvgIpc) is 4.04. The van der Waals surface area contributed by atoms with Crippen LogP contribution in [-0.4, -0.2) is 37.6 Å². The van der Waals surface area contributed by atoms with Crippen molar-refractivity contribution in [2.45, 2.75) is 20.8 Å². The van der Waals surface area contributed by atoms with Crippen LogP contribution < -0.4 is 4.74 Å². The molecule has 0 saturated carbocycles. The molecule has 3 aromatic heterocycles. The number of nitrogens with zero attached hydrogens (tertiary/aromatic N) is 2. The first-order valence-electron chi connectivity index (χ1n) is 18.6. The van der Waals surface area contributed by atoms with Crippen LogP contribution >= 0.6 is 0 Å². The van der Waals surface area contributed by atoms with E-state index in [1.165, 1.54) is 16.7 Å². The van der Waals surface area contributed by atoms with E-state index in [9.17, 15) is 9.90 Å². The normalized spacial score (nSPS) is 11.9. The number of aromatic amines is 2. The van der Waals surface area contributed by atoms with Crippen molar-refractivity contribution in [3.8, 4) is 50.3 Å². The Bertz CT molecular complexity index is 2830. The molecular weight excluding hydrogens is 693 g/mol. The topological polar surface area (TPSA) is 104 Å². The molecule has 4 aromatic carbocycles. The largest absolute Gasteiger partial charge is 0.482 e. The van der Waals surface area contributed by atoms with Crippen molar-refractivity contribution in [2.75, 3.05) is 6.61 Å². The van der Waals surface area contributed by atoms with E-state index in [1.807, 2.05) is 12.1 Å². The summed E-state index contributed by atoms with van der Waals surface area (Å²) in [6, 6.07) is 41.7. The van der Waals surface area contributed by atoms with Gasteiger partial charge in [-0.05, 0) is 104 Å². The maximum atomic E-state index is 11.2. The predicted octanol–water partition coefficient (Wildman–Crippen LogP) is 11.7. The van der Waals surface area contributed by atoms with Gasteiger partial charge in [-0.2, -0.15) is 0 Å². The second-order valence-corrected chi connectivity index (χ2v) is 14.3. The minimum absolute atomic E-state index is 0.416. The van der Waals surface area contributed by atoms with Gasteiger partial charge in [0.05, 0.1) is 22.8 Å². The van der Waals surface area contributed by atoms with Crippen molar-refractivity contribution < 1.29 is 14.6 Å². The van der Waals surface area contributed by atoms with Crippen LogP contribution in [0.5, 0.6) is 5.75 Å². The molecule has 7 heteroatoms. The summed E-state index contributed by atoms with van der Waals surface area (Å²) in [5.41, 5.74) is 18.5. The van der Waals surface area contributed by atoms with E-state index in [0.717, 1.165) is 89.4 Å². The van der Waals surface area contributed by atoms with Gasteiger partial charge in [0.2, 0.25) is 0 Å². The molecule has 9 rings (SSSR count). The van der Waals surface area contributed by atoms with Crippen LogP contribution in [0.15, 0.2) is 121 Å². The van der Waals surface area contributed by atoms with E-state index in [0.29, 0.717) is 5.75 Å². The van der Waals surface area contributed by atoms with Gasteiger partial charge < -0.3 is 19.8 Å². The minimum Gasteiger partial charge on any atom is -0.482 e. The number of fused-ring (bicyclic) bond motifs is 8. The maximum Gasteiger partial charge on any atom is 0.341 e. The number of carboxylic acids is 1. The summed E-state index contributed by atoms with van der Waals surface area (Å²) in [5.74, 6) is -0.555. The molecule has 0 atom stereocenters. The third-order valence-corrected chi connectivity index (χ3v) is 10.3. The van der Waals surface area contributed by atoms with Gasteiger partial charge in [-0.3, -0.25) is 0 Å². The Morgan fingerprint density at radius 1 is 0.464 bits per heavy atom. The molecule has 272 valence electrons. The molecule has 5 heterocycles. The molecule has 56 heavy (non-hydrogen) atoms. The second-order valence-electron chi connectivity index (χ2n) is 14.3. The number of nitrogens with one attached hydrogen (secondary N) is 2. The molecule has 2 aliphatic rings. The Morgan fingerprint density at radius 2 is 0.750 bits per heavy atom. The molecular formula is C49H38N4O3. The summed E-state index contributed by atoms with van der Waals surface area (Å²) < 4.78 is 5.49. The van der Waals surface area contributed by atoms with E-state index in [1.54, 1.807) is 12.1 Å². The highest BCUT2D eigenvalue weighted by atomic mass is 16.5. The molecule has 0 aliphatic carbocycles. The zero-order valence-corrected chi connectivity index (χ0v) is 31.2. The number of aliphatic carboxylic acids is 1. The van der Waals surface area contributed by atoms with Crippen molar-refractivity contribution >= 4 is 52.3 Å². The second kappa shape index (κ2) is 14.2. The van der Waals surface area contributed by atoms with E-state index in [-0.39, 0.29) is 0 Å². The van der Waals surface area contributed by atoms with Crippen LogP contribution in [0, 0.1) is 20.8 Å². The number of carboxylic acid groups (broad SMARTS) is 1. The molecule has 0 unspecified atom stereocenters. The first-order valence-corrected chi connectivity index (χ1v) is 18.6. The summed E-state index contributed by atoms with van der Waals surface area (Å²) in [4.78, 5) is 29.5. The van der Waals surface area contributed by atoms with Crippen molar-refractivity contribution in [1.29, 1.82) is 0 Å². The Hall–Kier alpha value is -7.25. The number of aryl methyl sites for hydroxylation is 3. The molecule has 0 fully saturated rings. The maximum absolute atomic E-state index is 11.2. The fourth-order valence-electron chi connectivity index (χ4n) is 7.44. The molecule has 7 aromatic rings. The fourth-order valence-corrected chi connectivity index (χ4v) is 7.44. The minimum atomic E-state index is -1.03. The molecule has 0 saturated heterocycles. The number of aromatic nitrogens is 4. The van der Waals surface area contributed by atoms with Gasteiger partial charge in [0.25, 0.3) is 0 Å². The summed E-state index contributed by atoms with van der Waals surface area (Å²) in [6.07, 6.45) is 8.36. The Labute approximate surface area is 324 Å². The highest BCUT2D eigenvalue weighted by Crippen LogP contribution is 2.38. The van der Waals surface area contributed by atoms with Crippen molar-refractivity contribution in [1.82, 2.24) is 19.9 Å². The number of hydrogen-bond acceptors (Lipinski definition) is 4. The Morgan fingerprint density at radius 3 is 1.04 bits per heavy atom. The first-order chi connectivity index (χ1) is 27.3. The van der Waals surface area contributed by atoms with Crippen molar-refractivity contribution in [3.63, 3.8) is 0 Å². The highest BCUT2D eigenvalue weighted by molar-refractivity contribution is 5.99. The van der Waals surface area contributed by atoms with Gasteiger partial charge in [-0.15, -0.1) is 0 Å². The van der Waals surface area contributed by atoms with Crippen LogP contribution in [0.1, 0.15) is 39.5 Å². The van der Waals surface area contributed by atoms with Gasteiger partial charge >= 0.3 is 5.97 Å². The summed E-state index contributed by atoms with van der Waals surface area (Å²) in [5, 5.41) is 9.18. The van der Waals surface area contributed by atoms with E-state index < -0.39 is 12.6 Å². The van der Waals surface area contributed by atoms with E-state index >= 15 is 0 Å². The molecule has 3 N–H and O–H groups in total. The average molecular weight is 731 g/mol. The standard InChI is InChI=1S/C49H38N4O3/c1-29-4-10-32(11-5-29)46-37-20-22-39(50-37)47(33-12-6-30(2)7-13-33)41-24-26-43(52-41)49(35-16-18-36(19-17-35)56-28-45(54)55)44-27-25-42(53-44)48(40-23-21-38(46)51-40)34-14-8-31(3)9-15-34/h4-27,50,53H,28H2,1-3H3,(H,54,55). The van der Waals surface area contributed by atoms with Gasteiger partial charge in [-0.25, -0.2) is 14.8 Å². The molecule has 7 nitrogen and oxygen atoms in total. The highest BCUT2D eigenvalue weighted by Gasteiger charge is 2.19. The summed E-state index contributed by atoms with van der Waals surface area (Å²) >= 11 is 0. The molecule has 0 radical (unpaired) electrons. The van der Waals surface area contributed by atoms with Crippen LogP contribution in [-0.2, 0) is 4.79 Å². The van der Waals surface area contributed by atoms with Crippen LogP contribution in [0.25, 0.3) is 90.9 Å². The SMILES string of the molecule is Cc1ccc(-c2c3nc(c(-c4ccc(C)cc4)c4ccc([nH]4)c(-c4ccc(OCC(=O)O)cc4)c4nc(c(-c5ccc(C)cc5)c5ccc2[nH]5)C=C4)C=C3)cc1. The number of hydrogen-bond donors (Lipinski definition) is 3. The summed E-state index contributed by atoms with van der Waals surface area (Å²) in [7, 11) is 0. The van der Waals surface area contributed by atoms with Crippen molar-refractivity contribution in [3.05, 3.63) is 161 Å². The van der Waals surface area contributed by atoms with E-state index in [2.05, 4.69) is 152 Å². The van der Waals surface area contributed by atoms with Gasteiger partial charge in [0, 0.05) is 44.3 Å². The van der Waals surface area contributed by atoms with Crippen molar-refractivity contribution in [2.24, 2.45) is 0 Å². The third kappa shape index (κ3) is 6.60. The molecule has 0 spiro atoms. The molecule has 0 amide bonds. The van der Waals surface area contributed by atoms with E-state index in [4.69, 9.17) is 14.7 Å². The number of H-pyrrole nitrogens is 2. The lowest BCUT2D eigenvalue weighted by atomic mass is 10.0. The lowest BCUT2D eigenvalue weighted by Gasteiger charge is -2.08. The fraction of sp³-hybridized carbons (Fsp3) is 0.0816. The van der Waals surface area contributed by atoms with Gasteiger partial charge in [0.15, 0.2) is 6.61 Å². The zero-order valence-electron chi connectivity index (χ0n) is 31.2. The Kier molecular flexibility index (Phi) is 8.75. The third-order valence-electron chi connectivity index (χ3n) is 10.3. The Balaban J connectivity index is 1.41. The zero-order chi connectivity index (χ0) is 38.3. The monoisotopic (exact) mass is 730 g/mol. The number of rotatable bonds is 7.